The number of nitrogens with zero attached hydrogens (tertiary/aromatic N) is 3. The van der Waals surface area contributed by atoms with Crippen LogP contribution in [0.15, 0.2) is 6.07 Å². The summed E-state index contributed by atoms with van der Waals surface area (Å²) in [5.74, 6) is 2.33. The first kappa shape index (κ1) is 14.6. The number of carbonyl (C=O) groups is 1. The first-order chi connectivity index (χ1) is 9.58. The highest BCUT2D eigenvalue weighted by molar-refractivity contribution is 5.81. The number of aromatic nitrogens is 2. The van der Waals surface area contributed by atoms with Crippen molar-refractivity contribution in [2.75, 3.05) is 30.4 Å². The van der Waals surface area contributed by atoms with E-state index in [0.29, 0.717) is 18.4 Å². The van der Waals surface area contributed by atoms with E-state index in [1.807, 2.05) is 24.9 Å². The van der Waals surface area contributed by atoms with Crippen LogP contribution < -0.4 is 15.5 Å². The third-order valence-electron chi connectivity index (χ3n) is 3.09. The number of hydrogen-bond acceptors (Lipinski definition) is 5. The summed E-state index contributed by atoms with van der Waals surface area (Å²) in [5, 5.41) is 6.23. The minimum atomic E-state index is 0.0503. The lowest BCUT2D eigenvalue weighted by atomic mass is 10.4. The Morgan fingerprint density at radius 3 is 2.85 bits per heavy atom. The summed E-state index contributed by atoms with van der Waals surface area (Å²) >= 11 is 0. The highest BCUT2D eigenvalue weighted by Crippen LogP contribution is 2.19. The van der Waals surface area contributed by atoms with E-state index in [4.69, 9.17) is 0 Å². The molecule has 1 aliphatic carbocycles. The fourth-order valence-corrected chi connectivity index (χ4v) is 1.89. The fourth-order valence-electron chi connectivity index (χ4n) is 1.89. The molecule has 110 valence electrons. The molecule has 0 spiro atoms. The Balaban J connectivity index is 1.98. The summed E-state index contributed by atoms with van der Waals surface area (Å²) in [6, 6.07) is 2.28. The molecule has 20 heavy (non-hydrogen) atoms. The predicted octanol–water partition coefficient (Wildman–Crippen LogP) is 1.32. The van der Waals surface area contributed by atoms with Crippen molar-refractivity contribution < 1.29 is 4.79 Å². The molecule has 6 heteroatoms. The summed E-state index contributed by atoms with van der Waals surface area (Å²) in [6.45, 7) is 5.16. The zero-order valence-corrected chi connectivity index (χ0v) is 12.4. The third-order valence-corrected chi connectivity index (χ3v) is 3.09. The van der Waals surface area contributed by atoms with Crippen molar-refractivity contribution >= 4 is 17.5 Å². The van der Waals surface area contributed by atoms with Crippen LogP contribution in [0, 0.1) is 6.92 Å². The molecule has 1 fully saturated rings. The van der Waals surface area contributed by atoms with Crippen LogP contribution in [0.1, 0.15) is 32.0 Å². The number of nitrogens with one attached hydrogen (secondary N) is 2. The first-order valence-corrected chi connectivity index (χ1v) is 7.18. The van der Waals surface area contributed by atoms with Crippen molar-refractivity contribution in [1.29, 1.82) is 0 Å². The first-order valence-electron chi connectivity index (χ1n) is 7.18. The lowest BCUT2D eigenvalue weighted by Gasteiger charge is -2.19. The molecule has 2 rings (SSSR count). The van der Waals surface area contributed by atoms with Gasteiger partial charge in [0.2, 0.25) is 5.91 Å². The fraction of sp³-hybridized carbons (Fsp3) is 0.643. The Morgan fingerprint density at radius 2 is 2.20 bits per heavy atom. The molecule has 0 bridgehead atoms. The Morgan fingerprint density at radius 1 is 1.45 bits per heavy atom. The summed E-state index contributed by atoms with van der Waals surface area (Å²) in [4.78, 5) is 22.4. The smallest absolute Gasteiger partial charge is 0.239 e. The van der Waals surface area contributed by atoms with Gasteiger partial charge in [0.25, 0.3) is 0 Å². The number of likely N-dealkylation sites (N-methyl/N-ethyl adjacent to an activating group) is 1. The minimum absolute atomic E-state index is 0.0503. The molecule has 0 aromatic carbocycles. The van der Waals surface area contributed by atoms with Gasteiger partial charge in [-0.25, -0.2) is 9.97 Å². The zero-order valence-electron chi connectivity index (χ0n) is 12.4. The van der Waals surface area contributed by atoms with Gasteiger partial charge in [0.15, 0.2) is 0 Å². The van der Waals surface area contributed by atoms with Gasteiger partial charge in [0.1, 0.15) is 17.5 Å². The maximum absolute atomic E-state index is 11.8. The maximum Gasteiger partial charge on any atom is 0.239 e. The molecule has 1 heterocycles. The molecule has 1 amide bonds. The molecule has 0 aliphatic heterocycles. The SMILES string of the molecule is CCCNc1cc(N(C)CC(=O)NC2CC2)nc(C)n1. The van der Waals surface area contributed by atoms with E-state index in [-0.39, 0.29) is 5.91 Å². The quantitative estimate of drug-likeness (QED) is 0.786. The molecule has 0 unspecified atom stereocenters. The molecular weight excluding hydrogens is 254 g/mol. The highest BCUT2D eigenvalue weighted by Gasteiger charge is 2.23. The molecule has 1 aliphatic rings. The number of aryl methyl sites for hydroxylation is 1. The topological polar surface area (TPSA) is 70.2 Å². The Hall–Kier alpha value is -1.85. The van der Waals surface area contributed by atoms with E-state index in [0.717, 1.165) is 37.4 Å². The van der Waals surface area contributed by atoms with Crippen LogP contribution in [0.25, 0.3) is 0 Å². The molecule has 6 nitrogen and oxygen atoms in total. The normalized spacial score (nSPS) is 13.9. The van der Waals surface area contributed by atoms with Gasteiger partial charge in [-0.1, -0.05) is 6.92 Å². The van der Waals surface area contributed by atoms with Crippen molar-refractivity contribution in [1.82, 2.24) is 15.3 Å². The third kappa shape index (κ3) is 4.36. The van der Waals surface area contributed by atoms with Gasteiger partial charge >= 0.3 is 0 Å². The summed E-state index contributed by atoms with van der Waals surface area (Å²) < 4.78 is 0. The molecule has 0 saturated heterocycles. The van der Waals surface area contributed by atoms with Crippen LogP contribution in [0.5, 0.6) is 0 Å². The van der Waals surface area contributed by atoms with Crippen molar-refractivity contribution in [2.24, 2.45) is 0 Å². The van der Waals surface area contributed by atoms with Crippen LogP contribution in [0.2, 0.25) is 0 Å². The number of rotatable bonds is 7. The lowest BCUT2D eigenvalue weighted by Crippen LogP contribution is -2.36. The van der Waals surface area contributed by atoms with Crippen molar-refractivity contribution in [3.63, 3.8) is 0 Å². The van der Waals surface area contributed by atoms with Gasteiger partial charge in [-0.2, -0.15) is 0 Å². The van der Waals surface area contributed by atoms with Gasteiger partial charge in [-0.15, -0.1) is 0 Å². The second kappa shape index (κ2) is 6.54. The maximum atomic E-state index is 11.8. The van der Waals surface area contributed by atoms with Crippen LogP contribution in [-0.2, 0) is 4.79 Å². The van der Waals surface area contributed by atoms with E-state index >= 15 is 0 Å². The number of carbonyl (C=O) groups excluding carboxylic acids is 1. The van der Waals surface area contributed by atoms with E-state index in [9.17, 15) is 4.79 Å². The molecule has 1 aromatic heterocycles. The van der Waals surface area contributed by atoms with E-state index < -0.39 is 0 Å². The summed E-state index contributed by atoms with van der Waals surface area (Å²) in [7, 11) is 1.87. The van der Waals surface area contributed by atoms with E-state index in [1.54, 1.807) is 0 Å². The van der Waals surface area contributed by atoms with Gasteiger partial charge in [0.05, 0.1) is 6.54 Å². The van der Waals surface area contributed by atoms with Gasteiger partial charge in [0, 0.05) is 25.7 Å². The number of anilines is 2. The van der Waals surface area contributed by atoms with Crippen LogP contribution in [0.4, 0.5) is 11.6 Å². The molecule has 1 aromatic rings. The molecule has 1 saturated carbocycles. The van der Waals surface area contributed by atoms with E-state index in [2.05, 4.69) is 27.5 Å². The highest BCUT2D eigenvalue weighted by atomic mass is 16.2. The second-order valence-electron chi connectivity index (χ2n) is 5.28. The number of amides is 1. The average molecular weight is 277 g/mol. The van der Waals surface area contributed by atoms with Crippen LogP contribution in [-0.4, -0.2) is 42.1 Å². The molecule has 0 radical (unpaired) electrons. The minimum Gasteiger partial charge on any atom is -0.370 e. The molecular formula is C14H23N5O. The van der Waals surface area contributed by atoms with Crippen molar-refractivity contribution in [3.05, 3.63) is 11.9 Å². The van der Waals surface area contributed by atoms with Gasteiger partial charge in [-0.05, 0) is 26.2 Å². The molecule has 2 N–H and O–H groups in total. The molecule has 0 atom stereocenters. The zero-order chi connectivity index (χ0) is 14.5. The van der Waals surface area contributed by atoms with Gasteiger partial charge in [-0.3, -0.25) is 4.79 Å². The van der Waals surface area contributed by atoms with Crippen molar-refractivity contribution in [3.8, 4) is 0 Å². The van der Waals surface area contributed by atoms with E-state index in [1.165, 1.54) is 0 Å². The average Bonchev–Trinajstić information content (AvgIpc) is 3.19. The van der Waals surface area contributed by atoms with Crippen molar-refractivity contribution in [2.45, 2.75) is 39.2 Å². The Bertz CT molecular complexity index is 473. The van der Waals surface area contributed by atoms with Crippen LogP contribution >= 0.6 is 0 Å². The monoisotopic (exact) mass is 277 g/mol. The Kier molecular flexibility index (Phi) is 4.76. The predicted molar refractivity (Wildman–Crippen MR) is 80.0 cm³/mol. The lowest BCUT2D eigenvalue weighted by molar-refractivity contribution is -0.119. The largest absolute Gasteiger partial charge is 0.370 e. The number of hydrogen-bond donors (Lipinski definition) is 2. The second-order valence-corrected chi connectivity index (χ2v) is 5.28. The Labute approximate surface area is 120 Å². The standard InChI is InChI=1S/C14H23N5O/c1-4-7-15-12-8-13(17-10(2)16-12)19(3)9-14(20)18-11-5-6-11/h8,11H,4-7,9H2,1-3H3,(H,18,20)(H,15,16,17). The summed E-state index contributed by atoms with van der Waals surface area (Å²) in [5.41, 5.74) is 0. The summed E-state index contributed by atoms with van der Waals surface area (Å²) in [6.07, 6.45) is 3.25. The van der Waals surface area contributed by atoms with Crippen LogP contribution in [0.3, 0.4) is 0 Å². The van der Waals surface area contributed by atoms with Gasteiger partial charge < -0.3 is 15.5 Å².